The third kappa shape index (κ3) is 2.73. The Kier molecular flexibility index (Phi) is 3.69. The monoisotopic (exact) mass is 350 g/mol. The molecule has 0 aromatic heterocycles. The standard InChI is InChI=1S/C16H14O7S/c17-24(18,19)13-9-11(15-20-6-7-21-15)8-12-14(13)23-16(22-12)10-4-2-1-3-5-10/h1-5,8-9,15-16H,6-7H2,(H,17,18,19). The second-order valence-corrected chi connectivity index (χ2v) is 6.76. The van der Waals surface area contributed by atoms with Gasteiger partial charge in [-0.15, -0.1) is 0 Å². The Morgan fingerprint density at radius 3 is 2.29 bits per heavy atom. The molecule has 1 atom stereocenters. The average molecular weight is 350 g/mol. The van der Waals surface area contributed by atoms with Gasteiger partial charge in [0.05, 0.1) is 13.2 Å². The van der Waals surface area contributed by atoms with Crippen LogP contribution in [0.1, 0.15) is 23.7 Å². The van der Waals surface area contributed by atoms with Crippen LogP contribution in [0, 0.1) is 0 Å². The van der Waals surface area contributed by atoms with Gasteiger partial charge in [0.15, 0.2) is 17.8 Å². The molecular formula is C16H14O7S. The topological polar surface area (TPSA) is 91.3 Å². The number of rotatable bonds is 3. The van der Waals surface area contributed by atoms with Crippen molar-refractivity contribution in [3.8, 4) is 11.5 Å². The highest BCUT2D eigenvalue weighted by atomic mass is 32.2. The SMILES string of the molecule is O=S(=O)(O)c1cc(C2OCCO2)cc2c1OC(c1ccccc1)O2. The molecule has 0 radical (unpaired) electrons. The minimum atomic E-state index is -4.50. The van der Waals surface area contributed by atoms with Gasteiger partial charge in [0.1, 0.15) is 4.90 Å². The molecule has 8 heteroatoms. The van der Waals surface area contributed by atoms with Crippen molar-refractivity contribution in [1.82, 2.24) is 0 Å². The van der Waals surface area contributed by atoms with Crippen LogP contribution < -0.4 is 9.47 Å². The fraction of sp³-hybridized carbons (Fsp3) is 0.250. The minimum absolute atomic E-state index is 0.0203. The molecule has 1 N–H and O–H groups in total. The van der Waals surface area contributed by atoms with Gasteiger partial charge in [-0.2, -0.15) is 8.42 Å². The number of hydrogen-bond acceptors (Lipinski definition) is 6. The van der Waals surface area contributed by atoms with E-state index in [4.69, 9.17) is 18.9 Å². The molecule has 2 aromatic carbocycles. The molecule has 2 aliphatic rings. The van der Waals surface area contributed by atoms with Gasteiger partial charge in [-0.3, -0.25) is 4.55 Å². The van der Waals surface area contributed by atoms with Gasteiger partial charge in [0, 0.05) is 11.1 Å². The molecule has 7 nitrogen and oxygen atoms in total. The van der Waals surface area contributed by atoms with Crippen molar-refractivity contribution in [3.63, 3.8) is 0 Å². The quantitative estimate of drug-likeness (QED) is 0.850. The van der Waals surface area contributed by atoms with Gasteiger partial charge in [-0.05, 0) is 12.1 Å². The molecule has 0 spiro atoms. The van der Waals surface area contributed by atoms with E-state index in [1.165, 1.54) is 6.07 Å². The normalized spacial score (nSPS) is 20.5. The van der Waals surface area contributed by atoms with E-state index in [1.807, 2.05) is 18.2 Å². The van der Waals surface area contributed by atoms with Crippen LogP contribution in [0.25, 0.3) is 0 Å². The molecule has 2 heterocycles. The summed E-state index contributed by atoms with van der Waals surface area (Å²) in [6.45, 7) is 0.819. The first kappa shape index (κ1) is 15.4. The largest absolute Gasteiger partial charge is 0.447 e. The third-order valence-electron chi connectivity index (χ3n) is 3.75. The predicted molar refractivity (Wildman–Crippen MR) is 81.3 cm³/mol. The maximum atomic E-state index is 11.7. The summed E-state index contributed by atoms with van der Waals surface area (Å²) in [7, 11) is -4.50. The molecule has 24 heavy (non-hydrogen) atoms. The van der Waals surface area contributed by atoms with Crippen LogP contribution in [0.5, 0.6) is 11.5 Å². The van der Waals surface area contributed by atoms with Crippen LogP contribution in [-0.2, 0) is 19.6 Å². The highest BCUT2D eigenvalue weighted by Crippen LogP contribution is 2.46. The fourth-order valence-corrected chi connectivity index (χ4v) is 3.34. The molecule has 0 amide bonds. The molecule has 0 bridgehead atoms. The van der Waals surface area contributed by atoms with Crippen molar-refractivity contribution in [2.75, 3.05) is 13.2 Å². The maximum Gasteiger partial charge on any atom is 0.298 e. The van der Waals surface area contributed by atoms with Gasteiger partial charge in [-0.25, -0.2) is 0 Å². The van der Waals surface area contributed by atoms with Gasteiger partial charge in [-0.1, -0.05) is 30.3 Å². The first-order chi connectivity index (χ1) is 11.5. The third-order valence-corrected chi connectivity index (χ3v) is 4.60. The second kappa shape index (κ2) is 5.75. The van der Waals surface area contributed by atoms with Gasteiger partial charge in [0.2, 0.25) is 0 Å². The Hall–Kier alpha value is -2.13. The summed E-state index contributed by atoms with van der Waals surface area (Å²) >= 11 is 0. The van der Waals surface area contributed by atoms with Crippen LogP contribution in [0.2, 0.25) is 0 Å². The summed E-state index contributed by atoms with van der Waals surface area (Å²) < 4.78 is 55.1. The van der Waals surface area contributed by atoms with Crippen LogP contribution in [0.4, 0.5) is 0 Å². The molecule has 1 saturated heterocycles. The zero-order valence-electron chi connectivity index (χ0n) is 12.4. The van der Waals surface area contributed by atoms with E-state index < -0.39 is 22.7 Å². The molecule has 126 valence electrons. The summed E-state index contributed by atoms with van der Waals surface area (Å²) in [5, 5.41) is 0. The summed E-state index contributed by atoms with van der Waals surface area (Å²) in [6, 6.07) is 12.0. The van der Waals surface area contributed by atoms with Crippen LogP contribution in [0.15, 0.2) is 47.4 Å². The van der Waals surface area contributed by atoms with E-state index in [0.717, 1.165) is 5.56 Å². The van der Waals surface area contributed by atoms with Crippen molar-refractivity contribution >= 4 is 10.1 Å². The Balaban J connectivity index is 1.77. The first-order valence-electron chi connectivity index (χ1n) is 7.29. The number of hydrogen-bond donors (Lipinski definition) is 1. The first-order valence-corrected chi connectivity index (χ1v) is 8.73. The lowest BCUT2D eigenvalue weighted by atomic mass is 10.2. The number of ether oxygens (including phenoxy) is 4. The number of benzene rings is 2. The second-order valence-electron chi connectivity index (χ2n) is 5.37. The fourth-order valence-electron chi connectivity index (χ4n) is 2.67. The molecule has 0 aliphatic carbocycles. The van der Waals surface area contributed by atoms with E-state index in [9.17, 15) is 13.0 Å². The Morgan fingerprint density at radius 1 is 0.917 bits per heavy atom. The lowest BCUT2D eigenvalue weighted by Crippen LogP contribution is -2.08. The van der Waals surface area contributed by atoms with Crippen LogP contribution in [-0.4, -0.2) is 26.2 Å². The van der Waals surface area contributed by atoms with Crippen molar-refractivity contribution in [3.05, 3.63) is 53.6 Å². The molecular weight excluding hydrogens is 336 g/mol. The van der Waals surface area contributed by atoms with Crippen molar-refractivity contribution in [2.45, 2.75) is 17.5 Å². The summed E-state index contributed by atoms with van der Waals surface area (Å²) in [4.78, 5) is -0.368. The zero-order valence-corrected chi connectivity index (χ0v) is 13.2. The molecule has 1 unspecified atom stereocenters. The predicted octanol–water partition coefficient (Wildman–Crippen LogP) is 2.45. The van der Waals surface area contributed by atoms with E-state index in [0.29, 0.717) is 18.8 Å². The van der Waals surface area contributed by atoms with Crippen LogP contribution >= 0.6 is 0 Å². The Bertz CT molecular complexity index is 857. The molecule has 2 aliphatic heterocycles. The van der Waals surface area contributed by atoms with Crippen molar-refractivity contribution < 1.29 is 31.9 Å². The van der Waals surface area contributed by atoms with E-state index >= 15 is 0 Å². The summed E-state index contributed by atoms with van der Waals surface area (Å²) in [5.74, 6) is 0.196. The highest BCUT2D eigenvalue weighted by molar-refractivity contribution is 7.86. The zero-order chi connectivity index (χ0) is 16.7. The van der Waals surface area contributed by atoms with E-state index in [2.05, 4.69) is 0 Å². The number of fused-ring (bicyclic) bond motifs is 1. The molecule has 1 fully saturated rings. The van der Waals surface area contributed by atoms with Gasteiger partial charge in [0.25, 0.3) is 16.4 Å². The van der Waals surface area contributed by atoms with Gasteiger partial charge >= 0.3 is 0 Å². The van der Waals surface area contributed by atoms with Crippen LogP contribution in [0.3, 0.4) is 0 Å². The van der Waals surface area contributed by atoms with E-state index in [1.54, 1.807) is 18.2 Å². The lowest BCUT2D eigenvalue weighted by molar-refractivity contribution is -0.0443. The maximum absolute atomic E-state index is 11.7. The average Bonchev–Trinajstić information content (AvgIpc) is 3.23. The summed E-state index contributed by atoms with van der Waals surface area (Å²) in [5.41, 5.74) is 1.17. The Labute approximate surface area is 138 Å². The molecule has 0 saturated carbocycles. The Morgan fingerprint density at radius 2 is 1.62 bits per heavy atom. The highest BCUT2D eigenvalue weighted by Gasteiger charge is 2.34. The smallest absolute Gasteiger partial charge is 0.298 e. The minimum Gasteiger partial charge on any atom is -0.447 e. The van der Waals surface area contributed by atoms with Gasteiger partial charge < -0.3 is 18.9 Å². The lowest BCUT2D eigenvalue weighted by Gasteiger charge is -2.11. The van der Waals surface area contributed by atoms with Crippen molar-refractivity contribution in [2.24, 2.45) is 0 Å². The molecule has 2 aromatic rings. The van der Waals surface area contributed by atoms with Crippen molar-refractivity contribution in [1.29, 1.82) is 0 Å². The van der Waals surface area contributed by atoms with E-state index in [-0.39, 0.29) is 16.4 Å². The molecule has 4 rings (SSSR count). The summed E-state index contributed by atoms with van der Waals surface area (Å²) in [6.07, 6.45) is -1.49.